The van der Waals surface area contributed by atoms with Gasteiger partial charge < -0.3 is 15.4 Å². The van der Waals surface area contributed by atoms with Crippen LogP contribution >= 0.6 is 0 Å². The van der Waals surface area contributed by atoms with Crippen molar-refractivity contribution in [2.45, 2.75) is 43.7 Å². The standard InChI is InChI=1S/C19H23N3O4/c23-16(20-11-14-7-4-10-26-14)12-22-17(24)19(21-18(22)25)9-3-6-13-5-1-2-8-15(13)19/h1-2,5,8,14H,3-4,6-7,9-12H2,(H,20,23)(H,21,25). The Morgan fingerprint density at radius 3 is 2.96 bits per heavy atom. The number of carbonyl (C=O) groups excluding carboxylic acids is 3. The molecule has 0 radical (unpaired) electrons. The first-order valence-corrected chi connectivity index (χ1v) is 9.21. The molecule has 1 aliphatic carbocycles. The average molecular weight is 357 g/mol. The van der Waals surface area contributed by atoms with Crippen molar-refractivity contribution < 1.29 is 19.1 Å². The van der Waals surface area contributed by atoms with Gasteiger partial charge in [0, 0.05) is 13.2 Å². The molecule has 0 saturated carbocycles. The minimum Gasteiger partial charge on any atom is -0.376 e. The monoisotopic (exact) mass is 357 g/mol. The van der Waals surface area contributed by atoms with E-state index in [1.807, 2.05) is 24.3 Å². The van der Waals surface area contributed by atoms with E-state index in [9.17, 15) is 14.4 Å². The highest BCUT2D eigenvalue weighted by molar-refractivity contribution is 6.09. The van der Waals surface area contributed by atoms with Crippen molar-refractivity contribution >= 4 is 17.8 Å². The number of imide groups is 1. The maximum Gasteiger partial charge on any atom is 0.325 e. The molecule has 138 valence electrons. The molecule has 4 amide bonds. The maximum absolute atomic E-state index is 13.1. The first kappa shape index (κ1) is 17.0. The van der Waals surface area contributed by atoms with Crippen molar-refractivity contribution in [2.75, 3.05) is 19.7 Å². The minimum atomic E-state index is -1.03. The molecule has 2 aliphatic heterocycles. The third-order valence-electron chi connectivity index (χ3n) is 5.50. The van der Waals surface area contributed by atoms with Crippen LogP contribution in [0.3, 0.4) is 0 Å². The lowest BCUT2D eigenvalue weighted by atomic mass is 9.76. The molecule has 26 heavy (non-hydrogen) atoms. The Balaban J connectivity index is 1.47. The summed E-state index contributed by atoms with van der Waals surface area (Å²) in [5.41, 5.74) is 0.907. The van der Waals surface area contributed by atoms with Crippen LogP contribution in [0.25, 0.3) is 0 Å². The zero-order valence-electron chi connectivity index (χ0n) is 14.6. The number of benzene rings is 1. The van der Waals surface area contributed by atoms with Gasteiger partial charge in [-0.1, -0.05) is 24.3 Å². The molecule has 2 fully saturated rings. The number of aryl methyl sites for hydroxylation is 1. The van der Waals surface area contributed by atoms with Crippen LogP contribution < -0.4 is 10.6 Å². The van der Waals surface area contributed by atoms with E-state index in [0.717, 1.165) is 48.3 Å². The fourth-order valence-electron chi connectivity index (χ4n) is 4.19. The highest BCUT2D eigenvalue weighted by atomic mass is 16.5. The zero-order valence-corrected chi connectivity index (χ0v) is 14.6. The molecule has 2 heterocycles. The van der Waals surface area contributed by atoms with Crippen LogP contribution in [-0.2, 0) is 26.3 Å². The molecule has 1 aromatic carbocycles. The Morgan fingerprint density at radius 1 is 1.31 bits per heavy atom. The van der Waals surface area contributed by atoms with Crippen LogP contribution in [0.5, 0.6) is 0 Å². The number of hydrogen-bond acceptors (Lipinski definition) is 4. The van der Waals surface area contributed by atoms with Gasteiger partial charge in [0.25, 0.3) is 5.91 Å². The maximum atomic E-state index is 13.1. The van der Waals surface area contributed by atoms with Crippen molar-refractivity contribution in [3.05, 3.63) is 35.4 Å². The summed E-state index contributed by atoms with van der Waals surface area (Å²) in [7, 11) is 0. The Labute approximate surface area is 152 Å². The van der Waals surface area contributed by atoms with Crippen LogP contribution in [0.15, 0.2) is 24.3 Å². The SMILES string of the molecule is O=C(CN1C(=O)NC2(CCCc3ccccc32)C1=O)NCC1CCCO1. The van der Waals surface area contributed by atoms with E-state index in [4.69, 9.17) is 4.74 Å². The normalized spacial score (nSPS) is 27.5. The quantitative estimate of drug-likeness (QED) is 0.789. The summed E-state index contributed by atoms with van der Waals surface area (Å²) < 4.78 is 5.47. The second kappa shape index (κ2) is 6.72. The van der Waals surface area contributed by atoms with E-state index < -0.39 is 11.6 Å². The molecule has 2 unspecified atom stereocenters. The van der Waals surface area contributed by atoms with Crippen molar-refractivity contribution in [2.24, 2.45) is 0 Å². The van der Waals surface area contributed by atoms with Gasteiger partial charge in [-0.15, -0.1) is 0 Å². The number of urea groups is 1. The summed E-state index contributed by atoms with van der Waals surface area (Å²) in [4.78, 5) is 38.8. The molecular formula is C19H23N3O4. The van der Waals surface area contributed by atoms with Gasteiger partial charge in [0.1, 0.15) is 12.1 Å². The van der Waals surface area contributed by atoms with Crippen LogP contribution in [0.1, 0.15) is 36.8 Å². The lowest BCUT2D eigenvalue weighted by molar-refractivity contribution is -0.135. The number of hydrogen-bond donors (Lipinski definition) is 2. The van der Waals surface area contributed by atoms with Crippen molar-refractivity contribution in [3.63, 3.8) is 0 Å². The van der Waals surface area contributed by atoms with Crippen LogP contribution in [0.4, 0.5) is 4.79 Å². The predicted octanol–water partition coefficient (Wildman–Crippen LogP) is 1.07. The Kier molecular flexibility index (Phi) is 4.40. The molecule has 0 aromatic heterocycles. The Hall–Kier alpha value is -2.41. The summed E-state index contributed by atoms with van der Waals surface area (Å²) >= 11 is 0. The molecule has 2 N–H and O–H groups in total. The fraction of sp³-hybridized carbons (Fsp3) is 0.526. The number of nitrogens with zero attached hydrogens (tertiary/aromatic N) is 1. The lowest BCUT2D eigenvalue weighted by Gasteiger charge is -2.33. The number of amides is 4. The number of carbonyl (C=O) groups is 3. The predicted molar refractivity (Wildman–Crippen MR) is 93.3 cm³/mol. The lowest BCUT2D eigenvalue weighted by Crippen LogP contribution is -2.47. The van der Waals surface area contributed by atoms with Gasteiger partial charge in [0.15, 0.2) is 0 Å². The Bertz CT molecular complexity index is 744. The van der Waals surface area contributed by atoms with E-state index >= 15 is 0 Å². The first-order valence-electron chi connectivity index (χ1n) is 9.21. The fourth-order valence-corrected chi connectivity index (χ4v) is 4.19. The number of rotatable bonds is 4. The molecule has 7 nitrogen and oxygen atoms in total. The molecule has 7 heteroatoms. The van der Waals surface area contributed by atoms with Gasteiger partial charge in [-0.2, -0.15) is 0 Å². The first-order chi connectivity index (χ1) is 12.6. The largest absolute Gasteiger partial charge is 0.376 e. The molecule has 2 saturated heterocycles. The molecular weight excluding hydrogens is 334 g/mol. The second-order valence-electron chi connectivity index (χ2n) is 7.18. The molecule has 4 rings (SSSR count). The van der Waals surface area contributed by atoms with E-state index in [1.54, 1.807) is 0 Å². The average Bonchev–Trinajstić information content (AvgIpc) is 3.24. The number of fused-ring (bicyclic) bond motifs is 2. The molecule has 1 aromatic rings. The minimum absolute atomic E-state index is 0.0265. The van der Waals surface area contributed by atoms with E-state index in [-0.39, 0.29) is 24.5 Å². The van der Waals surface area contributed by atoms with Crippen molar-refractivity contribution in [3.8, 4) is 0 Å². The van der Waals surface area contributed by atoms with Crippen LogP contribution in [0.2, 0.25) is 0 Å². The second-order valence-corrected chi connectivity index (χ2v) is 7.18. The van der Waals surface area contributed by atoms with Crippen molar-refractivity contribution in [1.29, 1.82) is 0 Å². The summed E-state index contributed by atoms with van der Waals surface area (Å²) in [6.45, 7) is 0.868. The summed E-state index contributed by atoms with van der Waals surface area (Å²) in [6, 6.07) is 7.21. The van der Waals surface area contributed by atoms with E-state index in [1.165, 1.54) is 0 Å². The van der Waals surface area contributed by atoms with Gasteiger partial charge >= 0.3 is 6.03 Å². The van der Waals surface area contributed by atoms with Gasteiger partial charge in [0.05, 0.1) is 6.10 Å². The van der Waals surface area contributed by atoms with Crippen molar-refractivity contribution in [1.82, 2.24) is 15.5 Å². The van der Waals surface area contributed by atoms with Gasteiger partial charge in [-0.3, -0.25) is 14.5 Å². The van der Waals surface area contributed by atoms with Gasteiger partial charge in [0.2, 0.25) is 5.91 Å². The van der Waals surface area contributed by atoms with E-state index in [2.05, 4.69) is 10.6 Å². The highest BCUT2D eigenvalue weighted by Gasteiger charge is 2.54. The summed E-state index contributed by atoms with van der Waals surface area (Å²) in [5, 5.41) is 5.63. The summed E-state index contributed by atoms with van der Waals surface area (Å²) in [6.07, 6.45) is 4.21. The molecule has 3 aliphatic rings. The van der Waals surface area contributed by atoms with Gasteiger partial charge in [-0.25, -0.2) is 4.79 Å². The Morgan fingerprint density at radius 2 is 2.15 bits per heavy atom. The third kappa shape index (κ3) is 2.86. The molecule has 2 atom stereocenters. The summed E-state index contributed by atoms with van der Waals surface area (Å²) in [5.74, 6) is -0.674. The smallest absolute Gasteiger partial charge is 0.325 e. The van der Waals surface area contributed by atoms with E-state index in [0.29, 0.717) is 13.0 Å². The number of ether oxygens (including phenoxy) is 1. The highest BCUT2D eigenvalue weighted by Crippen LogP contribution is 2.39. The third-order valence-corrected chi connectivity index (χ3v) is 5.50. The van der Waals surface area contributed by atoms with Crippen LogP contribution in [0, 0.1) is 0 Å². The topological polar surface area (TPSA) is 87.7 Å². The molecule has 0 bridgehead atoms. The zero-order chi connectivity index (χ0) is 18.1. The van der Waals surface area contributed by atoms with Gasteiger partial charge in [-0.05, 0) is 43.2 Å². The molecule has 1 spiro atoms. The van der Waals surface area contributed by atoms with Crippen LogP contribution in [-0.4, -0.2) is 48.5 Å². The number of nitrogens with one attached hydrogen (secondary N) is 2.